The van der Waals surface area contributed by atoms with Crippen LogP contribution in [-0.2, 0) is 0 Å². The summed E-state index contributed by atoms with van der Waals surface area (Å²) < 4.78 is 0. The molecule has 0 bridgehead atoms. The third-order valence-electron chi connectivity index (χ3n) is 4.07. The highest BCUT2D eigenvalue weighted by Crippen LogP contribution is 2.19. The average molecular weight is 306 g/mol. The van der Waals surface area contributed by atoms with Crippen molar-refractivity contribution >= 4 is 23.0 Å². The van der Waals surface area contributed by atoms with Gasteiger partial charge in [-0.05, 0) is 56.6 Å². The molecule has 1 aromatic heterocycles. The van der Waals surface area contributed by atoms with E-state index < -0.39 is 0 Å². The van der Waals surface area contributed by atoms with E-state index in [1.54, 1.807) is 12.4 Å². The molecule has 1 aliphatic rings. The number of hydrogen-bond donors (Lipinski definition) is 2. The maximum Gasteiger partial charge on any atom is 0.170 e. The normalized spacial score (nSPS) is 19.2. The summed E-state index contributed by atoms with van der Waals surface area (Å²) in [6.07, 6.45) is 10.0. The number of rotatable bonds is 6. The van der Waals surface area contributed by atoms with Crippen LogP contribution in [0.2, 0.25) is 0 Å². The standard InChI is InChI=1S/C16H26N4S/c1-2-15-6-3-4-12-20(15)13-5-9-18-16(21)19-14-7-10-17-11-8-14/h7-8,10-11,15H,2-6,9,12-13H2,1H3,(H2,17,18,19,21)/t15-/m1/s1. The summed E-state index contributed by atoms with van der Waals surface area (Å²) in [5, 5.41) is 7.13. The van der Waals surface area contributed by atoms with Gasteiger partial charge in [0.2, 0.25) is 0 Å². The Hall–Kier alpha value is -1.20. The monoisotopic (exact) mass is 306 g/mol. The van der Waals surface area contributed by atoms with Gasteiger partial charge in [0.1, 0.15) is 0 Å². The molecule has 1 aliphatic heterocycles. The second-order valence-electron chi connectivity index (χ2n) is 5.56. The lowest BCUT2D eigenvalue weighted by molar-refractivity contribution is 0.143. The number of pyridine rings is 1. The predicted molar refractivity (Wildman–Crippen MR) is 92.6 cm³/mol. The van der Waals surface area contributed by atoms with Crippen LogP contribution in [0, 0.1) is 0 Å². The van der Waals surface area contributed by atoms with Crippen LogP contribution in [0.3, 0.4) is 0 Å². The Balaban J connectivity index is 1.61. The third-order valence-corrected chi connectivity index (χ3v) is 4.31. The Morgan fingerprint density at radius 2 is 2.19 bits per heavy atom. The molecule has 2 N–H and O–H groups in total. The molecular weight excluding hydrogens is 280 g/mol. The zero-order valence-corrected chi connectivity index (χ0v) is 13.7. The van der Waals surface area contributed by atoms with Crippen molar-refractivity contribution in [3.63, 3.8) is 0 Å². The Bertz CT molecular complexity index is 424. The number of aromatic nitrogens is 1. The van der Waals surface area contributed by atoms with E-state index in [0.29, 0.717) is 5.11 Å². The fourth-order valence-corrected chi connectivity index (χ4v) is 3.13. The van der Waals surface area contributed by atoms with Crippen molar-refractivity contribution in [1.29, 1.82) is 0 Å². The van der Waals surface area contributed by atoms with Crippen molar-refractivity contribution in [2.24, 2.45) is 0 Å². The minimum absolute atomic E-state index is 0.687. The molecule has 0 aliphatic carbocycles. The van der Waals surface area contributed by atoms with Crippen molar-refractivity contribution in [3.8, 4) is 0 Å². The molecule has 1 atom stereocenters. The summed E-state index contributed by atoms with van der Waals surface area (Å²) in [7, 11) is 0. The first-order valence-electron chi connectivity index (χ1n) is 7.98. The topological polar surface area (TPSA) is 40.2 Å². The Morgan fingerprint density at radius 3 is 2.95 bits per heavy atom. The lowest BCUT2D eigenvalue weighted by Crippen LogP contribution is -2.40. The molecule has 0 radical (unpaired) electrons. The summed E-state index contributed by atoms with van der Waals surface area (Å²) in [5.74, 6) is 0. The van der Waals surface area contributed by atoms with Crippen molar-refractivity contribution < 1.29 is 0 Å². The van der Waals surface area contributed by atoms with E-state index in [9.17, 15) is 0 Å². The smallest absolute Gasteiger partial charge is 0.170 e. The highest BCUT2D eigenvalue weighted by Gasteiger charge is 2.19. The van der Waals surface area contributed by atoms with Crippen LogP contribution in [0.15, 0.2) is 24.5 Å². The maximum absolute atomic E-state index is 5.30. The molecule has 0 saturated carbocycles. The number of piperidine rings is 1. The lowest BCUT2D eigenvalue weighted by Gasteiger charge is -2.35. The molecule has 0 amide bonds. The summed E-state index contributed by atoms with van der Waals surface area (Å²) in [6, 6.07) is 4.61. The van der Waals surface area contributed by atoms with Crippen LogP contribution in [0.1, 0.15) is 39.0 Å². The Morgan fingerprint density at radius 1 is 1.38 bits per heavy atom. The van der Waals surface area contributed by atoms with E-state index in [-0.39, 0.29) is 0 Å². The van der Waals surface area contributed by atoms with Crippen molar-refractivity contribution in [3.05, 3.63) is 24.5 Å². The summed E-state index contributed by atoms with van der Waals surface area (Å²) >= 11 is 5.30. The Kier molecular flexibility index (Phi) is 6.89. The summed E-state index contributed by atoms with van der Waals surface area (Å²) in [4.78, 5) is 6.63. The van der Waals surface area contributed by atoms with Gasteiger partial charge in [0.05, 0.1) is 0 Å². The van der Waals surface area contributed by atoms with E-state index >= 15 is 0 Å². The average Bonchev–Trinajstić information content (AvgIpc) is 2.53. The molecule has 21 heavy (non-hydrogen) atoms. The summed E-state index contributed by atoms with van der Waals surface area (Å²) in [5.41, 5.74) is 0.976. The van der Waals surface area contributed by atoms with Gasteiger partial charge in [-0.25, -0.2) is 0 Å². The number of thiocarbonyl (C=S) groups is 1. The first-order chi connectivity index (χ1) is 10.3. The number of anilines is 1. The largest absolute Gasteiger partial charge is 0.362 e. The first-order valence-corrected chi connectivity index (χ1v) is 8.39. The molecule has 1 aromatic rings. The van der Waals surface area contributed by atoms with E-state index in [1.807, 2.05) is 12.1 Å². The predicted octanol–water partition coefficient (Wildman–Crippen LogP) is 3.02. The molecule has 1 fully saturated rings. The Labute approximate surface area is 133 Å². The molecule has 2 heterocycles. The molecule has 4 nitrogen and oxygen atoms in total. The number of nitrogens with zero attached hydrogens (tertiary/aromatic N) is 2. The van der Waals surface area contributed by atoms with E-state index in [1.165, 1.54) is 38.8 Å². The zero-order valence-electron chi connectivity index (χ0n) is 12.8. The van der Waals surface area contributed by atoms with Crippen LogP contribution in [-0.4, -0.2) is 40.7 Å². The fourth-order valence-electron chi connectivity index (χ4n) is 2.91. The molecule has 0 spiro atoms. The molecule has 0 unspecified atom stereocenters. The van der Waals surface area contributed by atoms with Gasteiger partial charge in [-0.3, -0.25) is 4.98 Å². The number of nitrogens with one attached hydrogen (secondary N) is 2. The van der Waals surface area contributed by atoms with Gasteiger partial charge in [-0.1, -0.05) is 13.3 Å². The second-order valence-corrected chi connectivity index (χ2v) is 5.97. The molecule has 0 aromatic carbocycles. The molecule has 5 heteroatoms. The highest BCUT2D eigenvalue weighted by molar-refractivity contribution is 7.80. The lowest BCUT2D eigenvalue weighted by atomic mass is 10.00. The van der Waals surface area contributed by atoms with Crippen molar-refractivity contribution in [1.82, 2.24) is 15.2 Å². The van der Waals surface area contributed by atoms with Gasteiger partial charge >= 0.3 is 0 Å². The van der Waals surface area contributed by atoms with Gasteiger partial charge < -0.3 is 15.5 Å². The third kappa shape index (κ3) is 5.59. The molecule has 1 saturated heterocycles. The first kappa shape index (κ1) is 16.2. The van der Waals surface area contributed by atoms with Gasteiger partial charge in [0.25, 0.3) is 0 Å². The van der Waals surface area contributed by atoms with Gasteiger partial charge in [0, 0.05) is 37.2 Å². The minimum atomic E-state index is 0.687. The van der Waals surface area contributed by atoms with E-state index in [0.717, 1.165) is 24.7 Å². The second kappa shape index (κ2) is 8.95. The molecule has 116 valence electrons. The highest BCUT2D eigenvalue weighted by atomic mass is 32.1. The molecular formula is C16H26N4S. The van der Waals surface area contributed by atoms with Gasteiger partial charge in [-0.2, -0.15) is 0 Å². The van der Waals surface area contributed by atoms with Crippen LogP contribution in [0.5, 0.6) is 0 Å². The minimum Gasteiger partial charge on any atom is -0.362 e. The van der Waals surface area contributed by atoms with Crippen molar-refractivity contribution in [2.75, 3.05) is 25.0 Å². The quantitative estimate of drug-likeness (QED) is 0.624. The SMILES string of the molecule is CC[C@@H]1CCCCN1CCCNC(=S)Nc1ccncc1. The maximum atomic E-state index is 5.30. The molecule has 2 rings (SSSR count). The van der Waals surface area contributed by atoms with Crippen LogP contribution in [0.25, 0.3) is 0 Å². The summed E-state index contributed by atoms with van der Waals surface area (Å²) in [6.45, 7) is 5.65. The van der Waals surface area contributed by atoms with Gasteiger partial charge in [-0.15, -0.1) is 0 Å². The van der Waals surface area contributed by atoms with Crippen LogP contribution < -0.4 is 10.6 Å². The van der Waals surface area contributed by atoms with Gasteiger partial charge in [0.15, 0.2) is 5.11 Å². The van der Waals surface area contributed by atoms with Crippen LogP contribution >= 0.6 is 12.2 Å². The van der Waals surface area contributed by atoms with E-state index in [4.69, 9.17) is 12.2 Å². The van der Waals surface area contributed by atoms with Crippen LogP contribution in [0.4, 0.5) is 5.69 Å². The van der Waals surface area contributed by atoms with Crippen molar-refractivity contribution in [2.45, 2.75) is 45.1 Å². The zero-order chi connectivity index (χ0) is 14.9. The van der Waals surface area contributed by atoms with E-state index in [2.05, 4.69) is 27.4 Å². The number of likely N-dealkylation sites (tertiary alicyclic amines) is 1. The fraction of sp³-hybridized carbons (Fsp3) is 0.625. The number of hydrogen-bond acceptors (Lipinski definition) is 3.